The lowest BCUT2D eigenvalue weighted by Gasteiger charge is -2.17. The largest absolute Gasteiger partial charge is 0.490 e. The normalized spacial score (nSPS) is 10.8. The van der Waals surface area contributed by atoms with Gasteiger partial charge in [-0.25, -0.2) is 4.68 Å². The molecule has 0 aliphatic rings. The van der Waals surface area contributed by atoms with Crippen LogP contribution < -0.4 is 20.1 Å². The number of benzene rings is 2. The second kappa shape index (κ2) is 12.7. The Morgan fingerprint density at radius 2 is 1.64 bits per heavy atom. The summed E-state index contributed by atoms with van der Waals surface area (Å²) in [5, 5.41) is 10.4. The predicted octanol–water partition coefficient (Wildman–Crippen LogP) is 4.19. The maximum Gasteiger partial charge on any atom is 0.238 e. The number of nitrogens with one attached hydrogen (secondary N) is 2. The molecule has 36 heavy (non-hydrogen) atoms. The van der Waals surface area contributed by atoms with Gasteiger partial charge in [0, 0.05) is 24.7 Å². The van der Waals surface area contributed by atoms with Crippen molar-refractivity contribution in [3.8, 4) is 17.2 Å². The highest BCUT2D eigenvalue weighted by atomic mass is 16.5. The van der Waals surface area contributed by atoms with E-state index in [9.17, 15) is 9.59 Å². The molecular formula is C27H35N5O4. The van der Waals surface area contributed by atoms with Gasteiger partial charge in [0.2, 0.25) is 11.8 Å². The van der Waals surface area contributed by atoms with E-state index in [-0.39, 0.29) is 24.8 Å². The first-order chi connectivity index (χ1) is 17.3. The number of anilines is 2. The Labute approximate surface area is 212 Å². The first-order valence-electron chi connectivity index (χ1n) is 12.1. The summed E-state index contributed by atoms with van der Waals surface area (Å²) < 4.78 is 13.0. The highest BCUT2D eigenvalue weighted by Crippen LogP contribution is 2.30. The monoisotopic (exact) mass is 493 g/mol. The summed E-state index contributed by atoms with van der Waals surface area (Å²) in [6.45, 7) is 9.19. The molecule has 0 radical (unpaired) electrons. The summed E-state index contributed by atoms with van der Waals surface area (Å²) >= 11 is 0. The molecule has 2 N–H and O–H groups in total. The van der Waals surface area contributed by atoms with Gasteiger partial charge in [0.1, 0.15) is 0 Å². The van der Waals surface area contributed by atoms with Gasteiger partial charge in [-0.05, 0) is 59.0 Å². The Kier molecular flexibility index (Phi) is 9.46. The van der Waals surface area contributed by atoms with Gasteiger partial charge in [0.25, 0.3) is 0 Å². The van der Waals surface area contributed by atoms with Gasteiger partial charge in [-0.3, -0.25) is 14.5 Å². The second-order valence-corrected chi connectivity index (χ2v) is 8.40. The number of aromatic nitrogens is 2. The second-order valence-electron chi connectivity index (χ2n) is 8.40. The SMILES string of the molecule is CCOc1ccc(NC(=O)CN(C)CCC(=O)Nc2c(C)nn(-c3ccccc3)c2C)cc1OCC. The van der Waals surface area contributed by atoms with Gasteiger partial charge in [0.05, 0.1) is 42.5 Å². The van der Waals surface area contributed by atoms with Crippen LogP contribution in [-0.4, -0.2) is 59.8 Å². The van der Waals surface area contributed by atoms with Crippen LogP contribution in [0.25, 0.3) is 5.69 Å². The Morgan fingerprint density at radius 3 is 2.33 bits per heavy atom. The van der Waals surface area contributed by atoms with E-state index in [0.29, 0.717) is 42.6 Å². The number of likely N-dealkylation sites (N-methyl/N-ethyl adjacent to an activating group) is 1. The molecule has 0 bridgehead atoms. The molecule has 192 valence electrons. The summed E-state index contributed by atoms with van der Waals surface area (Å²) in [6.07, 6.45) is 0.247. The lowest BCUT2D eigenvalue weighted by molar-refractivity contribution is -0.119. The molecule has 0 aliphatic carbocycles. The van der Waals surface area contributed by atoms with Crippen LogP contribution in [0.3, 0.4) is 0 Å². The number of hydrogen-bond acceptors (Lipinski definition) is 6. The fourth-order valence-corrected chi connectivity index (χ4v) is 3.79. The topological polar surface area (TPSA) is 97.7 Å². The summed E-state index contributed by atoms with van der Waals surface area (Å²) in [6, 6.07) is 15.1. The zero-order valence-electron chi connectivity index (χ0n) is 21.6. The molecule has 0 atom stereocenters. The zero-order valence-corrected chi connectivity index (χ0v) is 21.6. The number of aryl methyl sites for hydroxylation is 1. The number of hydrogen-bond donors (Lipinski definition) is 2. The van der Waals surface area contributed by atoms with E-state index < -0.39 is 0 Å². The van der Waals surface area contributed by atoms with Crippen molar-refractivity contribution in [2.24, 2.45) is 0 Å². The molecule has 0 unspecified atom stereocenters. The highest BCUT2D eigenvalue weighted by molar-refractivity contribution is 5.93. The number of amides is 2. The van der Waals surface area contributed by atoms with Crippen molar-refractivity contribution in [2.45, 2.75) is 34.1 Å². The Balaban J connectivity index is 1.51. The van der Waals surface area contributed by atoms with Crippen LogP contribution in [0, 0.1) is 13.8 Å². The first-order valence-corrected chi connectivity index (χ1v) is 12.1. The molecule has 1 heterocycles. The third-order valence-corrected chi connectivity index (χ3v) is 5.52. The Morgan fingerprint density at radius 1 is 0.944 bits per heavy atom. The van der Waals surface area contributed by atoms with Gasteiger partial charge in [-0.2, -0.15) is 5.10 Å². The molecule has 2 amide bonds. The summed E-state index contributed by atoms with van der Waals surface area (Å²) in [5.41, 5.74) is 3.88. The smallest absolute Gasteiger partial charge is 0.238 e. The zero-order chi connectivity index (χ0) is 26.1. The van der Waals surface area contributed by atoms with E-state index in [1.165, 1.54) is 0 Å². The van der Waals surface area contributed by atoms with Crippen LogP contribution >= 0.6 is 0 Å². The predicted molar refractivity (Wildman–Crippen MR) is 141 cm³/mol. The molecule has 0 aliphatic heterocycles. The van der Waals surface area contributed by atoms with Gasteiger partial charge < -0.3 is 20.1 Å². The van der Waals surface area contributed by atoms with Crippen LogP contribution in [0.4, 0.5) is 11.4 Å². The lowest BCUT2D eigenvalue weighted by atomic mass is 10.2. The van der Waals surface area contributed by atoms with E-state index in [1.807, 2.05) is 62.7 Å². The summed E-state index contributed by atoms with van der Waals surface area (Å²) in [7, 11) is 1.81. The minimum Gasteiger partial charge on any atom is -0.490 e. The van der Waals surface area contributed by atoms with E-state index in [2.05, 4.69) is 15.7 Å². The summed E-state index contributed by atoms with van der Waals surface area (Å²) in [5.74, 6) is 0.915. The molecule has 0 saturated heterocycles. The van der Waals surface area contributed by atoms with E-state index in [1.54, 1.807) is 30.1 Å². The van der Waals surface area contributed by atoms with Crippen LogP contribution in [0.1, 0.15) is 31.7 Å². The van der Waals surface area contributed by atoms with Gasteiger partial charge in [0.15, 0.2) is 11.5 Å². The van der Waals surface area contributed by atoms with Crippen molar-refractivity contribution in [1.29, 1.82) is 0 Å². The molecule has 0 spiro atoms. The Bertz CT molecular complexity index is 1180. The molecule has 0 saturated carbocycles. The standard InChI is InChI=1S/C27H35N5O4/c1-6-35-23-14-13-21(17-24(23)36-7-2)28-26(34)18-31(5)16-15-25(33)29-27-19(3)30-32(20(27)4)22-11-9-8-10-12-22/h8-14,17H,6-7,15-16,18H2,1-5H3,(H,28,34)(H,29,33). The molecule has 3 rings (SSSR count). The van der Waals surface area contributed by atoms with E-state index in [0.717, 1.165) is 17.1 Å². The number of rotatable bonds is 12. The van der Waals surface area contributed by atoms with Crippen molar-refractivity contribution in [2.75, 3.05) is 44.0 Å². The highest BCUT2D eigenvalue weighted by Gasteiger charge is 2.16. The van der Waals surface area contributed by atoms with Gasteiger partial charge in [-0.15, -0.1) is 0 Å². The fraction of sp³-hybridized carbons (Fsp3) is 0.370. The number of carbonyl (C=O) groups is 2. The summed E-state index contributed by atoms with van der Waals surface area (Å²) in [4.78, 5) is 27.0. The molecule has 3 aromatic rings. The van der Waals surface area contributed by atoms with Crippen molar-refractivity contribution in [1.82, 2.24) is 14.7 Å². The maximum atomic E-state index is 12.6. The third-order valence-electron chi connectivity index (χ3n) is 5.52. The lowest BCUT2D eigenvalue weighted by Crippen LogP contribution is -2.32. The van der Waals surface area contributed by atoms with Crippen molar-refractivity contribution in [3.63, 3.8) is 0 Å². The van der Waals surface area contributed by atoms with E-state index in [4.69, 9.17) is 9.47 Å². The molecule has 1 aromatic heterocycles. The average molecular weight is 494 g/mol. The van der Waals surface area contributed by atoms with Crippen molar-refractivity contribution >= 4 is 23.2 Å². The molecule has 2 aromatic carbocycles. The van der Waals surface area contributed by atoms with Crippen molar-refractivity contribution < 1.29 is 19.1 Å². The quantitative estimate of drug-likeness (QED) is 0.393. The van der Waals surface area contributed by atoms with Crippen LogP contribution in [0.2, 0.25) is 0 Å². The van der Waals surface area contributed by atoms with Gasteiger partial charge in [-0.1, -0.05) is 18.2 Å². The van der Waals surface area contributed by atoms with Crippen LogP contribution in [0.5, 0.6) is 11.5 Å². The number of ether oxygens (including phenoxy) is 2. The molecule has 0 fully saturated rings. The molecule has 9 heteroatoms. The van der Waals surface area contributed by atoms with E-state index >= 15 is 0 Å². The number of para-hydroxylation sites is 1. The van der Waals surface area contributed by atoms with Crippen molar-refractivity contribution in [3.05, 3.63) is 59.9 Å². The third kappa shape index (κ3) is 7.08. The molecule has 9 nitrogen and oxygen atoms in total. The number of carbonyl (C=O) groups excluding carboxylic acids is 2. The average Bonchev–Trinajstić information content (AvgIpc) is 3.13. The minimum atomic E-state index is -0.180. The first kappa shape index (κ1) is 26.7. The van der Waals surface area contributed by atoms with Gasteiger partial charge >= 0.3 is 0 Å². The van der Waals surface area contributed by atoms with Crippen LogP contribution in [0.15, 0.2) is 48.5 Å². The Hall–Kier alpha value is -3.85. The minimum absolute atomic E-state index is 0.131. The fourth-order valence-electron chi connectivity index (χ4n) is 3.79. The maximum absolute atomic E-state index is 12.6. The molecular weight excluding hydrogens is 458 g/mol. The number of nitrogens with zero attached hydrogens (tertiary/aromatic N) is 3. The van der Waals surface area contributed by atoms with Crippen LogP contribution in [-0.2, 0) is 9.59 Å².